The lowest BCUT2D eigenvalue weighted by Gasteiger charge is -2.46. The van der Waals surface area contributed by atoms with Gasteiger partial charge in [0.2, 0.25) is 0 Å². The zero-order valence-electron chi connectivity index (χ0n) is 26.0. The van der Waals surface area contributed by atoms with Crippen LogP contribution in [0.25, 0.3) is 43.9 Å². The molecule has 0 amide bonds. The molecule has 2 aliphatic heterocycles. The van der Waals surface area contributed by atoms with Gasteiger partial charge in [0, 0.05) is 44.4 Å². The van der Waals surface area contributed by atoms with Gasteiger partial charge in [0.25, 0.3) is 0 Å². The molecule has 0 atom stereocenters. The maximum absolute atomic E-state index is 4.02. The van der Waals surface area contributed by atoms with Gasteiger partial charge in [-0.25, -0.2) is 0 Å². The summed E-state index contributed by atoms with van der Waals surface area (Å²) < 4.78 is 0. The molecule has 3 aliphatic rings. The second kappa shape index (κ2) is 8.37. The highest BCUT2D eigenvalue weighted by Crippen LogP contribution is 2.54. The largest absolute Gasteiger partial charge is 0.357 e. The van der Waals surface area contributed by atoms with Crippen molar-refractivity contribution in [1.29, 1.82) is 0 Å². The van der Waals surface area contributed by atoms with E-state index >= 15 is 0 Å². The quantitative estimate of drug-likeness (QED) is 0.193. The van der Waals surface area contributed by atoms with Gasteiger partial charge in [-0.15, -0.1) is 0 Å². The molecule has 3 heteroatoms. The minimum Gasteiger partial charge on any atom is -0.357 e. The summed E-state index contributed by atoms with van der Waals surface area (Å²) in [5.41, 5.74) is 18.1. The smallest absolute Gasteiger partial charge is 0.197 e. The standard InChI is InChI=1S/C42H32BN2/c1-41(2)30-19-9-10-22-33(30)45-34-23-24-13-5-6-14-25(24)35(37(34)43-32-21-12-20-31(41)39(32)45)27-16-11-17-28-36-26-15-7-8-18-29(26)42(3,4)40(36)44-38(27)28/h5-23,44H,1-4H3. The van der Waals surface area contributed by atoms with Crippen LogP contribution in [0.1, 0.15) is 50.1 Å². The molecule has 0 bridgehead atoms. The molecule has 2 nitrogen and oxygen atoms in total. The highest BCUT2D eigenvalue weighted by molar-refractivity contribution is 6.74. The molecule has 1 N–H and O–H groups in total. The summed E-state index contributed by atoms with van der Waals surface area (Å²) in [7, 11) is 2.45. The molecule has 6 aromatic carbocycles. The van der Waals surface area contributed by atoms with Crippen LogP contribution < -0.4 is 15.8 Å². The lowest BCUT2D eigenvalue weighted by Crippen LogP contribution is -2.45. The number of hydrogen-bond acceptors (Lipinski definition) is 1. The number of H-pyrrole nitrogens is 1. The highest BCUT2D eigenvalue weighted by Gasteiger charge is 2.42. The minimum absolute atomic E-state index is 0.0911. The summed E-state index contributed by atoms with van der Waals surface area (Å²) in [4.78, 5) is 6.56. The third-order valence-electron chi connectivity index (χ3n) is 11.0. The van der Waals surface area contributed by atoms with Crippen molar-refractivity contribution < 1.29 is 0 Å². The fourth-order valence-corrected chi connectivity index (χ4v) is 8.83. The third-order valence-corrected chi connectivity index (χ3v) is 11.0. The summed E-state index contributed by atoms with van der Waals surface area (Å²) in [6.45, 7) is 9.43. The molecule has 1 radical (unpaired) electrons. The van der Waals surface area contributed by atoms with E-state index in [9.17, 15) is 0 Å². The fourth-order valence-electron chi connectivity index (χ4n) is 8.83. The van der Waals surface area contributed by atoms with E-state index in [0.717, 1.165) is 0 Å². The Morgan fingerprint density at radius 2 is 1.27 bits per heavy atom. The molecule has 1 aromatic heterocycles. The molecular formula is C42H32BN2. The first-order valence-electron chi connectivity index (χ1n) is 16.0. The van der Waals surface area contributed by atoms with Crippen molar-refractivity contribution in [1.82, 2.24) is 4.98 Å². The van der Waals surface area contributed by atoms with Crippen LogP contribution in [0.15, 0.2) is 115 Å². The van der Waals surface area contributed by atoms with Gasteiger partial charge in [0.15, 0.2) is 7.28 Å². The van der Waals surface area contributed by atoms with Gasteiger partial charge in [-0.2, -0.15) is 0 Å². The molecular weight excluding hydrogens is 543 g/mol. The minimum atomic E-state index is -0.0943. The van der Waals surface area contributed by atoms with E-state index in [1.807, 2.05) is 0 Å². The second-order valence-corrected chi connectivity index (χ2v) is 14.0. The predicted molar refractivity (Wildman–Crippen MR) is 191 cm³/mol. The van der Waals surface area contributed by atoms with Gasteiger partial charge < -0.3 is 9.88 Å². The van der Waals surface area contributed by atoms with Crippen molar-refractivity contribution in [3.05, 3.63) is 138 Å². The second-order valence-electron chi connectivity index (χ2n) is 14.0. The van der Waals surface area contributed by atoms with Crippen LogP contribution in [0, 0.1) is 0 Å². The summed E-state index contributed by atoms with van der Waals surface area (Å²) in [5, 5.41) is 3.83. The van der Waals surface area contributed by atoms with Crippen molar-refractivity contribution in [2.75, 3.05) is 4.90 Å². The molecule has 0 fully saturated rings. The van der Waals surface area contributed by atoms with Crippen LogP contribution in [-0.2, 0) is 10.8 Å². The van der Waals surface area contributed by atoms with Gasteiger partial charge in [0.1, 0.15) is 0 Å². The number of benzene rings is 6. The van der Waals surface area contributed by atoms with Crippen LogP contribution in [0.3, 0.4) is 0 Å². The van der Waals surface area contributed by atoms with Gasteiger partial charge >= 0.3 is 0 Å². The zero-order chi connectivity index (χ0) is 30.2. The molecule has 213 valence electrons. The average Bonchev–Trinajstić information content (AvgIpc) is 3.56. The van der Waals surface area contributed by atoms with Crippen LogP contribution in [-0.4, -0.2) is 12.3 Å². The first-order valence-corrected chi connectivity index (χ1v) is 16.0. The van der Waals surface area contributed by atoms with E-state index in [1.165, 1.54) is 94.3 Å². The van der Waals surface area contributed by atoms with E-state index in [4.69, 9.17) is 0 Å². The van der Waals surface area contributed by atoms with Gasteiger partial charge in [0.05, 0.1) is 11.2 Å². The summed E-state index contributed by atoms with van der Waals surface area (Å²) in [6.07, 6.45) is 0. The normalized spacial score (nSPS) is 16.0. The zero-order valence-corrected chi connectivity index (χ0v) is 26.0. The number of nitrogens with one attached hydrogen (secondary N) is 1. The number of nitrogens with zero attached hydrogens (tertiary/aromatic N) is 1. The van der Waals surface area contributed by atoms with Gasteiger partial charge in [-0.05, 0) is 56.2 Å². The Morgan fingerprint density at radius 3 is 2.16 bits per heavy atom. The lowest BCUT2D eigenvalue weighted by molar-refractivity contribution is 0.632. The monoisotopic (exact) mass is 575 g/mol. The molecule has 10 rings (SSSR count). The summed E-state index contributed by atoms with van der Waals surface area (Å²) in [6, 6.07) is 43.0. The predicted octanol–water partition coefficient (Wildman–Crippen LogP) is 9.37. The van der Waals surface area contributed by atoms with Crippen LogP contribution in [0.4, 0.5) is 17.1 Å². The molecule has 3 heterocycles. The number of aromatic amines is 1. The van der Waals surface area contributed by atoms with E-state index < -0.39 is 0 Å². The fraction of sp³-hybridized carbons (Fsp3) is 0.143. The number of rotatable bonds is 1. The highest BCUT2D eigenvalue weighted by atomic mass is 15.2. The number of aromatic nitrogens is 1. The Labute approximate surface area is 264 Å². The first-order chi connectivity index (χ1) is 21.9. The molecule has 0 saturated heterocycles. The Kier molecular flexibility index (Phi) is 4.71. The van der Waals surface area contributed by atoms with Crippen molar-refractivity contribution in [2.45, 2.75) is 38.5 Å². The van der Waals surface area contributed by atoms with E-state index in [2.05, 4.69) is 160 Å². The number of para-hydroxylation sites is 3. The molecule has 1 aliphatic carbocycles. The van der Waals surface area contributed by atoms with Crippen LogP contribution in [0.2, 0.25) is 0 Å². The van der Waals surface area contributed by atoms with Crippen molar-refractivity contribution in [3.8, 4) is 22.3 Å². The molecule has 0 unspecified atom stereocenters. The molecule has 0 saturated carbocycles. The molecule has 7 aromatic rings. The van der Waals surface area contributed by atoms with Crippen molar-refractivity contribution in [3.63, 3.8) is 0 Å². The third kappa shape index (κ3) is 3.06. The Bertz CT molecular complexity index is 2420. The Balaban J connectivity index is 1.32. The Hall–Kier alpha value is -5.02. The molecule has 0 spiro atoms. The van der Waals surface area contributed by atoms with E-state index in [1.54, 1.807) is 0 Å². The van der Waals surface area contributed by atoms with E-state index in [0.29, 0.717) is 0 Å². The number of anilines is 3. The van der Waals surface area contributed by atoms with Gasteiger partial charge in [-0.3, -0.25) is 0 Å². The van der Waals surface area contributed by atoms with Crippen LogP contribution >= 0.6 is 0 Å². The summed E-state index contributed by atoms with van der Waals surface area (Å²) in [5.74, 6) is 0. The number of hydrogen-bond donors (Lipinski definition) is 1. The maximum Gasteiger partial charge on any atom is 0.197 e. The maximum atomic E-state index is 4.02. The first kappa shape index (κ1) is 25.3. The molecule has 45 heavy (non-hydrogen) atoms. The lowest BCUT2D eigenvalue weighted by atomic mass is 9.55. The van der Waals surface area contributed by atoms with Gasteiger partial charge in [-0.1, -0.05) is 136 Å². The average molecular weight is 576 g/mol. The SMILES string of the molecule is CC1(C)c2ccccc2N2c3cc4ccccc4c(-c4cccc5c6c([nH]c45)C(C)(C)c4ccccc4-6)c3[B]c3cccc1c32. The van der Waals surface area contributed by atoms with Crippen molar-refractivity contribution >= 4 is 56.9 Å². The Morgan fingerprint density at radius 1 is 0.578 bits per heavy atom. The topological polar surface area (TPSA) is 19.0 Å². The van der Waals surface area contributed by atoms with Crippen molar-refractivity contribution in [2.24, 2.45) is 0 Å². The van der Waals surface area contributed by atoms with Crippen LogP contribution in [0.5, 0.6) is 0 Å². The summed E-state index contributed by atoms with van der Waals surface area (Å²) >= 11 is 0. The van der Waals surface area contributed by atoms with E-state index in [-0.39, 0.29) is 10.8 Å². The number of fused-ring (bicyclic) bond motifs is 10.